The average Bonchev–Trinajstić information content (AvgIpc) is 3.31. The van der Waals surface area contributed by atoms with Crippen molar-refractivity contribution in [1.29, 1.82) is 0 Å². The van der Waals surface area contributed by atoms with Crippen molar-refractivity contribution in [3.8, 4) is 0 Å². The molecular formula is C21H22N6O6S3. The number of hydrogen-bond donors (Lipinski definition) is 2. The van der Waals surface area contributed by atoms with Gasteiger partial charge in [0.25, 0.3) is 11.6 Å². The summed E-state index contributed by atoms with van der Waals surface area (Å²) in [7, 11) is -3.62. The molecule has 0 fully saturated rings. The van der Waals surface area contributed by atoms with Crippen LogP contribution in [0.15, 0.2) is 57.8 Å². The molecule has 36 heavy (non-hydrogen) atoms. The smallest absolute Gasteiger partial charge is 0.269 e. The molecule has 0 bridgehead atoms. The molecule has 12 nitrogen and oxygen atoms in total. The number of benzene rings is 2. The first kappa shape index (κ1) is 27.2. The largest absolute Gasteiger partial charge is 0.325 e. The third-order valence-electron chi connectivity index (χ3n) is 4.78. The fraction of sp³-hybridized carbons (Fsp3) is 0.238. The minimum Gasteiger partial charge on any atom is -0.325 e. The summed E-state index contributed by atoms with van der Waals surface area (Å²) in [5.74, 6) is -0.804. The van der Waals surface area contributed by atoms with Crippen LogP contribution in [-0.2, 0) is 14.8 Å². The van der Waals surface area contributed by atoms with Crippen molar-refractivity contribution in [3.05, 3.63) is 64.2 Å². The minimum absolute atomic E-state index is 0.0159. The van der Waals surface area contributed by atoms with Gasteiger partial charge in [-0.25, -0.2) is 8.42 Å². The SMILES string of the molecule is CCN(CC)S(=O)(=O)c1ccc(C(=O)Nc2nnc(SCC(=O)Nc3ccc([N+](=O)[O-])cc3)s2)cc1. The highest BCUT2D eigenvalue weighted by Gasteiger charge is 2.22. The molecule has 0 radical (unpaired) electrons. The Morgan fingerprint density at radius 3 is 2.25 bits per heavy atom. The molecule has 0 spiro atoms. The topological polar surface area (TPSA) is 165 Å². The minimum atomic E-state index is -3.62. The molecule has 1 aromatic heterocycles. The Morgan fingerprint density at radius 2 is 1.67 bits per heavy atom. The first-order valence-electron chi connectivity index (χ1n) is 10.6. The van der Waals surface area contributed by atoms with Crippen molar-refractivity contribution in [2.45, 2.75) is 23.1 Å². The summed E-state index contributed by atoms with van der Waals surface area (Å²) in [5, 5.41) is 24.0. The van der Waals surface area contributed by atoms with E-state index in [-0.39, 0.29) is 32.9 Å². The van der Waals surface area contributed by atoms with E-state index in [2.05, 4.69) is 20.8 Å². The number of aromatic nitrogens is 2. The lowest BCUT2D eigenvalue weighted by Gasteiger charge is -2.18. The molecule has 0 atom stereocenters. The van der Waals surface area contributed by atoms with Gasteiger partial charge in [-0.15, -0.1) is 10.2 Å². The van der Waals surface area contributed by atoms with Crippen molar-refractivity contribution >= 4 is 61.4 Å². The van der Waals surface area contributed by atoms with E-state index in [0.717, 1.165) is 23.1 Å². The van der Waals surface area contributed by atoms with Gasteiger partial charge in [0.15, 0.2) is 4.34 Å². The molecule has 0 aliphatic carbocycles. The number of rotatable bonds is 11. The maximum absolute atomic E-state index is 12.6. The molecule has 2 aromatic carbocycles. The zero-order valence-corrected chi connectivity index (χ0v) is 21.7. The summed E-state index contributed by atoms with van der Waals surface area (Å²) in [6.45, 7) is 4.19. The third kappa shape index (κ3) is 6.84. The van der Waals surface area contributed by atoms with Gasteiger partial charge in [0.1, 0.15) is 0 Å². The van der Waals surface area contributed by atoms with Crippen LogP contribution in [0.5, 0.6) is 0 Å². The number of hydrogen-bond acceptors (Lipinski definition) is 10. The summed E-state index contributed by atoms with van der Waals surface area (Å²) in [5.41, 5.74) is 0.596. The molecule has 190 valence electrons. The molecule has 1 heterocycles. The van der Waals surface area contributed by atoms with Crippen LogP contribution in [0.25, 0.3) is 0 Å². The van der Waals surface area contributed by atoms with Gasteiger partial charge < -0.3 is 5.32 Å². The lowest BCUT2D eigenvalue weighted by Crippen LogP contribution is -2.30. The second-order valence-electron chi connectivity index (χ2n) is 7.08. The van der Waals surface area contributed by atoms with Crippen LogP contribution in [0, 0.1) is 10.1 Å². The van der Waals surface area contributed by atoms with Crippen LogP contribution < -0.4 is 10.6 Å². The Kier molecular flexibility index (Phi) is 9.08. The number of nitro groups is 1. The molecule has 0 aliphatic rings. The zero-order valence-electron chi connectivity index (χ0n) is 19.2. The first-order chi connectivity index (χ1) is 17.1. The fourth-order valence-electron chi connectivity index (χ4n) is 2.97. The van der Waals surface area contributed by atoms with E-state index in [1.165, 1.54) is 52.8 Å². The molecule has 0 unspecified atom stereocenters. The Morgan fingerprint density at radius 1 is 1.03 bits per heavy atom. The van der Waals surface area contributed by atoms with E-state index in [9.17, 15) is 28.1 Å². The van der Waals surface area contributed by atoms with Crippen LogP contribution in [0.1, 0.15) is 24.2 Å². The number of nitrogens with one attached hydrogen (secondary N) is 2. The fourth-order valence-corrected chi connectivity index (χ4v) is 5.97. The Balaban J connectivity index is 1.53. The molecule has 3 rings (SSSR count). The van der Waals surface area contributed by atoms with Gasteiger partial charge in [0.05, 0.1) is 15.6 Å². The number of carbonyl (C=O) groups excluding carboxylic acids is 2. The summed E-state index contributed by atoms with van der Waals surface area (Å²) in [6, 6.07) is 11.1. The monoisotopic (exact) mass is 550 g/mol. The summed E-state index contributed by atoms with van der Waals surface area (Å²) < 4.78 is 26.9. The number of nitrogens with zero attached hydrogens (tertiary/aromatic N) is 4. The van der Waals surface area contributed by atoms with E-state index < -0.39 is 20.9 Å². The number of sulfonamides is 1. The molecule has 15 heteroatoms. The van der Waals surface area contributed by atoms with Crippen molar-refractivity contribution in [1.82, 2.24) is 14.5 Å². The van der Waals surface area contributed by atoms with Crippen LogP contribution in [0.2, 0.25) is 0 Å². The van der Waals surface area contributed by atoms with Crippen LogP contribution in [-0.4, -0.2) is 58.5 Å². The molecule has 2 N–H and O–H groups in total. The third-order valence-corrected chi connectivity index (χ3v) is 8.81. The van der Waals surface area contributed by atoms with E-state index in [4.69, 9.17) is 0 Å². The van der Waals surface area contributed by atoms with E-state index in [1.807, 2.05) is 0 Å². The highest BCUT2D eigenvalue weighted by atomic mass is 32.2. The van der Waals surface area contributed by atoms with Gasteiger partial charge >= 0.3 is 0 Å². The maximum Gasteiger partial charge on any atom is 0.269 e. The van der Waals surface area contributed by atoms with E-state index in [0.29, 0.717) is 23.1 Å². The van der Waals surface area contributed by atoms with E-state index in [1.54, 1.807) is 13.8 Å². The zero-order chi connectivity index (χ0) is 26.3. The molecule has 2 amide bonds. The Bertz CT molecular complexity index is 1340. The maximum atomic E-state index is 12.6. The second kappa shape index (κ2) is 12.0. The van der Waals surface area contributed by atoms with Crippen molar-refractivity contribution in [2.24, 2.45) is 0 Å². The molecule has 0 saturated heterocycles. The van der Waals surface area contributed by atoms with Crippen molar-refractivity contribution in [2.75, 3.05) is 29.5 Å². The van der Waals surface area contributed by atoms with Crippen molar-refractivity contribution < 1.29 is 22.9 Å². The number of nitro benzene ring substituents is 1. The van der Waals surface area contributed by atoms with Crippen LogP contribution in [0.3, 0.4) is 0 Å². The second-order valence-corrected chi connectivity index (χ2v) is 11.2. The average molecular weight is 551 g/mol. The van der Waals surface area contributed by atoms with Gasteiger partial charge in [-0.2, -0.15) is 4.31 Å². The van der Waals surface area contributed by atoms with Gasteiger partial charge in [0, 0.05) is 36.5 Å². The number of anilines is 2. The Labute approximate surface area is 215 Å². The van der Waals surface area contributed by atoms with Crippen LogP contribution in [0.4, 0.5) is 16.5 Å². The van der Waals surface area contributed by atoms with Gasteiger partial charge in [-0.3, -0.25) is 25.0 Å². The van der Waals surface area contributed by atoms with Crippen molar-refractivity contribution in [3.63, 3.8) is 0 Å². The standard InChI is InChI=1S/C21H22N6O6S3/c1-3-26(4-2)36(32,33)17-11-5-14(6-12-17)19(29)23-20-24-25-21(35-20)34-13-18(28)22-15-7-9-16(10-8-15)27(30)31/h5-12H,3-4,13H2,1-2H3,(H,22,28)(H,23,24,29). The molecular weight excluding hydrogens is 528 g/mol. The first-order valence-corrected chi connectivity index (χ1v) is 13.8. The summed E-state index contributed by atoms with van der Waals surface area (Å²) in [6.07, 6.45) is 0. The summed E-state index contributed by atoms with van der Waals surface area (Å²) in [4.78, 5) is 34.9. The summed E-state index contributed by atoms with van der Waals surface area (Å²) >= 11 is 2.19. The Hall–Kier alpha value is -3.40. The normalized spacial score (nSPS) is 11.3. The quantitative estimate of drug-likeness (QED) is 0.157. The molecule has 0 saturated carbocycles. The number of non-ortho nitro benzene ring substituents is 1. The van der Waals surface area contributed by atoms with Gasteiger partial charge in [0.2, 0.25) is 21.1 Å². The predicted octanol–water partition coefficient (Wildman–Crippen LogP) is 3.46. The molecule has 0 aliphatic heterocycles. The van der Waals surface area contributed by atoms with Gasteiger partial charge in [-0.1, -0.05) is 36.9 Å². The lowest BCUT2D eigenvalue weighted by atomic mass is 10.2. The highest BCUT2D eigenvalue weighted by molar-refractivity contribution is 8.01. The van der Waals surface area contributed by atoms with E-state index >= 15 is 0 Å². The highest BCUT2D eigenvalue weighted by Crippen LogP contribution is 2.26. The number of amides is 2. The number of carbonyl (C=O) groups is 2. The number of thioether (sulfide) groups is 1. The predicted molar refractivity (Wildman–Crippen MR) is 137 cm³/mol. The molecule has 3 aromatic rings. The van der Waals surface area contributed by atoms with Crippen LogP contribution >= 0.6 is 23.1 Å². The lowest BCUT2D eigenvalue weighted by molar-refractivity contribution is -0.384. The van der Waals surface area contributed by atoms with Gasteiger partial charge in [-0.05, 0) is 36.4 Å².